The van der Waals surface area contributed by atoms with Crippen LogP contribution in [-0.2, 0) is 6.42 Å². The highest BCUT2D eigenvalue weighted by molar-refractivity contribution is 5.38. The molecule has 182 valence electrons. The smallest absolute Gasteiger partial charge is 0.122 e. The van der Waals surface area contributed by atoms with Gasteiger partial charge in [-0.25, -0.2) is 0 Å². The molecule has 0 amide bonds. The highest BCUT2D eigenvalue weighted by Crippen LogP contribution is 2.24. The molecule has 4 heteroatoms. The molecule has 4 nitrogen and oxygen atoms in total. The largest absolute Gasteiger partial charge is 0.494 e. The van der Waals surface area contributed by atoms with Crippen LogP contribution in [0, 0.1) is 0 Å². The first kappa shape index (κ1) is 25.6. The SMILES string of the molecule is CCCN(C)C(C)CCOc1ccccc1Cc1ccc(OCCC2CCCCN2C)cc1. The number of likely N-dealkylation sites (tertiary alicyclic amines) is 1. The third-order valence-corrected chi connectivity index (χ3v) is 7.05. The Bertz CT molecular complexity index is 808. The van der Waals surface area contributed by atoms with Crippen LogP contribution >= 0.6 is 0 Å². The fourth-order valence-corrected chi connectivity index (χ4v) is 4.67. The predicted octanol–water partition coefficient (Wildman–Crippen LogP) is 6.03. The normalized spacial score (nSPS) is 17.8. The van der Waals surface area contributed by atoms with Gasteiger partial charge in [-0.3, -0.25) is 0 Å². The van der Waals surface area contributed by atoms with E-state index in [2.05, 4.69) is 86.3 Å². The van der Waals surface area contributed by atoms with Crippen LogP contribution < -0.4 is 9.47 Å². The van der Waals surface area contributed by atoms with Gasteiger partial charge in [-0.05, 0) is 95.5 Å². The highest BCUT2D eigenvalue weighted by atomic mass is 16.5. The summed E-state index contributed by atoms with van der Waals surface area (Å²) in [6.07, 6.45) is 8.18. The van der Waals surface area contributed by atoms with Crippen LogP contribution in [0.3, 0.4) is 0 Å². The molecular formula is C29H44N2O2. The minimum Gasteiger partial charge on any atom is -0.494 e. The van der Waals surface area contributed by atoms with Gasteiger partial charge in [-0.1, -0.05) is 43.7 Å². The van der Waals surface area contributed by atoms with E-state index < -0.39 is 0 Å². The van der Waals surface area contributed by atoms with E-state index >= 15 is 0 Å². The Morgan fingerprint density at radius 1 is 1.03 bits per heavy atom. The molecule has 0 spiro atoms. The van der Waals surface area contributed by atoms with E-state index in [1.807, 2.05) is 0 Å². The summed E-state index contributed by atoms with van der Waals surface area (Å²) in [6, 6.07) is 18.2. The molecule has 0 radical (unpaired) electrons. The van der Waals surface area contributed by atoms with Crippen molar-refractivity contribution in [2.24, 2.45) is 0 Å². The fraction of sp³-hybridized carbons (Fsp3) is 0.586. The summed E-state index contributed by atoms with van der Waals surface area (Å²) >= 11 is 0. The summed E-state index contributed by atoms with van der Waals surface area (Å²) in [5.74, 6) is 1.96. The Morgan fingerprint density at radius 3 is 2.58 bits per heavy atom. The number of hydrogen-bond donors (Lipinski definition) is 0. The first-order chi connectivity index (χ1) is 16.1. The van der Waals surface area contributed by atoms with Gasteiger partial charge in [0.05, 0.1) is 13.2 Å². The fourth-order valence-electron chi connectivity index (χ4n) is 4.67. The lowest BCUT2D eigenvalue weighted by Crippen LogP contribution is -2.37. The van der Waals surface area contributed by atoms with E-state index in [1.54, 1.807) is 0 Å². The molecule has 2 aromatic carbocycles. The van der Waals surface area contributed by atoms with Crippen LogP contribution in [0.1, 0.15) is 63.5 Å². The topological polar surface area (TPSA) is 24.9 Å². The zero-order chi connectivity index (χ0) is 23.5. The molecule has 2 aromatic rings. The molecule has 0 bridgehead atoms. The molecule has 2 unspecified atom stereocenters. The molecule has 0 aromatic heterocycles. The molecule has 1 aliphatic rings. The molecule has 2 atom stereocenters. The summed E-state index contributed by atoms with van der Waals surface area (Å²) in [6.45, 7) is 8.40. The molecule has 0 saturated carbocycles. The van der Waals surface area contributed by atoms with Crippen molar-refractivity contribution in [2.75, 3.05) is 40.4 Å². The van der Waals surface area contributed by atoms with Crippen LogP contribution in [0.25, 0.3) is 0 Å². The first-order valence-electron chi connectivity index (χ1n) is 12.9. The van der Waals surface area contributed by atoms with E-state index in [9.17, 15) is 0 Å². The second-order valence-corrected chi connectivity index (χ2v) is 9.66. The molecular weight excluding hydrogens is 408 g/mol. The molecule has 1 fully saturated rings. The van der Waals surface area contributed by atoms with Crippen molar-refractivity contribution < 1.29 is 9.47 Å². The second-order valence-electron chi connectivity index (χ2n) is 9.66. The van der Waals surface area contributed by atoms with Gasteiger partial charge < -0.3 is 19.3 Å². The summed E-state index contributed by atoms with van der Waals surface area (Å²) in [4.78, 5) is 4.89. The van der Waals surface area contributed by atoms with Crippen LogP contribution in [-0.4, -0.2) is 62.3 Å². The quantitative estimate of drug-likeness (QED) is 0.370. The summed E-state index contributed by atoms with van der Waals surface area (Å²) in [5, 5.41) is 0. The minimum absolute atomic E-state index is 0.531. The van der Waals surface area contributed by atoms with E-state index in [0.29, 0.717) is 12.1 Å². The average Bonchev–Trinajstić information content (AvgIpc) is 2.82. The molecule has 3 rings (SSSR count). The lowest BCUT2D eigenvalue weighted by Gasteiger charge is -2.32. The predicted molar refractivity (Wildman–Crippen MR) is 139 cm³/mol. The van der Waals surface area contributed by atoms with E-state index in [1.165, 1.54) is 43.4 Å². The summed E-state index contributed by atoms with van der Waals surface area (Å²) < 4.78 is 12.2. The van der Waals surface area contributed by atoms with Gasteiger partial charge in [0, 0.05) is 18.5 Å². The Balaban J connectivity index is 1.46. The van der Waals surface area contributed by atoms with Gasteiger partial charge >= 0.3 is 0 Å². The zero-order valence-corrected chi connectivity index (χ0v) is 21.3. The molecule has 33 heavy (non-hydrogen) atoms. The third kappa shape index (κ3) is 8.35. The van der Waals surface area contributed by atoms with Crippen molar-refractivity contribution in [1.82, 2.24) is 9.80 Å². The van der Waals surface area contributed by atoms with Crippen LogP contribution in [0.4, 0.5) is 0 Å². The van der Waals surface area contributed by atoms with Gasteiger partial charge in [0.15, 0.2) is 0 Å². The van der Waals surface area contributed by atoms with Crippen molar-refractivity contribution >= 4 is 0 Å². The van der Waals surface area contributed by atoms with Crippen molar-refractivity contribution in [3.63, 3.8) is 0 Å². The van der Waals surface area contributed by atoms with Gasteiger partial charge in [0.25, 0.3) is 0 Å². The maximum absolute atomic E-state index is 6.20. The Hall–Kier alpha value is -2.04. The molecule has 0 aliphatic carbocycles. The van der Waals surface area contributed by atoms with Crippen molar-refractivity contribution in [3.8, 4) is 11.5 Å². The average molecular weight is 453 g/mol. The number of ether oxygens (including phenoxy) is 2. The van der Waals surface area contributed by atoms with Gasteiger partial charge in [0.2, 0.25) is 0 Å². The number of benzene rings is 2. The maximum Gasteiger partial charge on any atom is 0.122 e. The van der Waals surface area contributed by atoms with E-state index in [-0.39, 0.29) is 0 Å². The molecule has 1 heterocycles. The number of hydrogen-bond acceptors (Lipinski definition) is 4. The van der Waals surface area contributed by atoms with Gasteiger partial charge in [0.1, 0.15) is 11.5 Å². The monoisotopic (exact) mass is 452 g/mol. The number of piperidine rings is 1. The van der Waals surface area contributed by atoms with Gasteiger partial charge in [-0.2, -0.15) is 0 Å². The first-order valence-corrected chi connectivity index (χ1v) is 12.9. The van der Waals surface area contributed by atoms with Crippen molar-refractivity contribution in [1.29, 1.82) is 0 Å². The number of nitrogens with zero attached hydrogens (tertiary/aromatic N) is 2. The minimum atomic E-state index is 0.531. The third-order valence-electron chi connectivity index (χ3n) is 7.05. The lowest BCUT2D eigenvalue weighted by atomic mass is 10.0. The highest BCUT2D eigenvalue weighted by Gasteiger charge is 2.18. The second kappa shape index (κ2) is 13.6. The Kier molecular flexibility index (Phi) is 10.6. The molecule has 1 saturated heterocycles. The van der Waals surface area contributed by atoms with E-state index in [4.69, 9.17) is 9.47 Å². The maximum atomic E-state index is 6.20. The summed E-state index contributed by atoms with van der Waals surface area (Å²) in [5.41, 5.74) is 2.52. The lowest BCUT2D eigenvalue weighted by molar-refractivity contribution is 0.153. The van der Waals surface area contributed by atoms with Crippen LogP contribution in [0.2, 0.25) is 0 Å². The molecule has 1 aliphatic heterocycles. The van der Waals surface area contributed by atoms with Crippen LogP contribution in [0.15, 0.2) is 48.5 Å². The Labute approximate surface area is 201 Å². The molecule has 0 N–H and O–H groups in total. The zero-order valence-electron chi connectivity index (χ0n) is 21.3. The van der Waals surface area contributed by atoms with E-state index in [0.717, 1.165) is 50.5 Å². The standard InChI is InChI=1S/C29H44N2O2/c1-5-19-30(3)24(2)17-21-33-29-12-7-6-10-26(29)23-25-13-15-28(16-14-25)32-22-18-27-11-8-9-20-31(27)4/h6-7,10,12-16,24,27H,5,8-9,11,17-23H2,1-4H3. The summed E-state index contributed by atoms with van der Waals surface area (Å²) in [7, 11) is 4.44. The van der Waals surface area contributed by atoms with Crippen LogP contribution in [0.5, 0.6) is 11.5 Å². The number of para-hydroxylation sites is 1. The van der Waals surface area contributed by atoms with Crippen molar-refractivity contribution in [2.45, 2.75) is 70.9 Å². The van der Waals surface area contributed by atoms with Gasteiger partial charge in [-0.15, -0.1) is 0 Å². The number of rotatable bonds is 13. The van der Waals surface area contributed by atoms with Crippen molar-refractivity contribution in [3.05, 3.63) is 59.7 Å². The Morgan fingerprint density at radius 2 is 1.82 bits per heavy atom.